The Bertz CT molecular complexity index is 1350. The molecule has 1 fully saturated rings. The van der Waals surface area contributed by atoms with Gasteiger partial charge in [0.1, 0.15) is 29.6 Å². The van der Waals surface area contributed by atoms with Gasteiger partial charge in [0, 0.05) is 13.0 Å². The second kappa shape index (κ2) is 18.0. The van der Waals surface area contributed by atoms with E-state index in [4.69, 9.17) is 33.2 Å². The summed E-state index contributed by atoms with van der Waals surface area (Å²) in [6, 6.07) is 3.04. The van der Waals surface area contributed by atoms with Crippen LogP contribution in [0.3, 0.4) is 0 Å². The molecule has 2 heterocycles. The first-order chi connectivity index (χ1) is 23.1. The molecule has 16 heteroatoms. The number of fused-ring (bicyclic) bond motifs is 1. The molecule has 49 heavy (non-hydrogen) atoms. The Morgan fingerprint density at radius 2 is 1.27 bits per heavy atom. The molecule has 0 radical (unpaired) electrons. The number of likely N-dealkylation sites (tertiary alicyclic amines) is 1. The molecule has 0 saturated carbocycles. The highest BCUT2D eigenvalue weighted by atomic mass is 16.6. The Kier molecular flexibility index (Phi) is 14.5. The van der Waals surface area contributed by atoms with Gasteiger partial charge in [-0.1, -0.05) is 0 Å². The normalized spacial score (nSPS) is 16.6. The summed E-state index contributed by atoms with van der Waals surface area (Å²) in [5, 5.41) is 2.60. The van der Waals surface area contributed by atoms with Gasteiger partial charge in [-0.2, -0.15) is 4.90 Å². The number of benzene rings is 1. The van der Waals surface area contributed by atoms with E-state index < -0.39 is 53.1 Å². The minimum atomic E-state index is -1.33. The number of amides is 6. The number of nitrogens with zero attached hydrogens (tertiary/aromatic N) is 2. The number of hydrogen-bond acceptors (Lipinski definition) is 13. The lowest BCUT2D eigenvalue weighted by Crippen LogP contribution is -2.58. The number of carbonyl (C=O) groups excluding carboxylic acids is 6. The maximum atomic E-state index is 13.3. The topological polar surface area (TPSA) is 186 Å². The number of nitrogens with one attached hydrogen (secondary N) is 1. The van der Waals surface area contributed by atoms with Crippen LogP contribution in [0.5, 0.6) is 5.75 Å². The monoisotopic (exact) mass is 693 g/mol. The molecule has 0 aromatic heterocycles. The minimum Gasteiger partial charge on any atom is -0.491 e. The number of hydrogen-bond donors (Lipinski definition) is 1. The molecule has 1 saturated heterocycles. The van der Waals surface area contributed by atoms with Crippen LogP contribution >= 0.6 is 0 Å². The second-order valence-electron chi connectivity index (χ2n) is 13.0. The third kappa shape index (κ3) is 12.4. The zero-order chi connectivity index (χ0) is 36.2. The van der Waals surface area contributed by atoms with Gasteiger partial charge in [-0.25, -0.2) is 9.59 Å². The second-order valence-corrected chi connectivity index (χ2v) is 13.0. The molecule has 3 rings (SSSR count). The van der Waals surface area contributed by atoms with E-state index in [0.717, 1.165) is 4.90 Å². The van der Waals surface area contributed by atoms with E-state index in [1.54, 1.807) is 41.5 Å². The number of alkyl carbamates (subject to hydrolysis) is 1. The van der Waals surface area contributed by atoms with E-state index in [2.05, 4.69) is 5.32 Å². The van der Waals surface area contributed by atoms with Crippen LogP contribution in [-0.4, -0.2) is 129 Å². The average Bonchev–Trinajstić information content (AvgIpc) is 3.23. The van der Waals surface area contributed by atoms with Crippen molar-refractivity contribution in [3.63, 3.8) is 0 Å². The SMILES string of the molecule is CC(C)(C)OC(=O)NCCOCCOCCOCCOCCOc1ccc2c(c1)C(=O)N(C1CCC(=O)N(C(=O)OC(C)(C)C)C1=O)C2=O. The predicted molar refractivity (Wildman–Crippen MR) is 171 cm³/mol. The van der Waals surface area contributed by atoms with Gasteiger partial charge in [-0.05, 0) is 66.2 Å². The van der Waals surface area contributed by atoms with Crippen molar-refractivity contribution in [3.8, 4) is 5.75 Å². The van der Waals surface area contributed by atoms with E-state index in [-0.39, 0.29) is 37.2 Å². The van der Waals surface area contributed by atoms with Crippen molar-refractivity contribution in [1.29, 1.82) is 0 Å². The van der Waals surface area contributed by atoms with Crippen LogP contribution in [0.1, 0.15) is 75.1 Å². The summed E-state index contributed by atoms with van der Waals surface area (Å²) in [5.74, 6) is -2.84. The summed E-state index contributed by atoms with van der Waals surface area (Å²) in [6.07, 6.45) is -1.96. The summed E-state index contributed by atoms with van der Waals surface area (Å²) in [6.45, 7) is 13.4. The molecule has 0 bridgehead atoms. The lowest BCUT2D eigenvalue weighted by molar-refractivity contribution is -0.149. The van der Waals surface area contributed by atoms with Crippen molar-refractivity contribution in [2.75, 3.05) is 66.0 Å². The van der Waals surface area contributed by atoms with Crippen LogP contribution in [0.15, 0.2) is 18.2 Å². The summed E-state index contributed by atoms with van der Waals surface area (Å²) < 4.78 is 37.8. The van der Waals surface area contributed by atoms with Gasteiger partial charge in [0.05, 0.1) is 64.0 Å². The summed E-state index contributed by atoms with van der Waals surface area (Å²) in [4.78, 5) is 77.2. The Hall–Kier alpha value is -4.12. The molecule has 16 nitrogen and oxygen atoms in total. The molecule has 0 aliphatic carbocycles. The summed E-state index contributed by atoms with van der Waals surface area (Å²) in [5.41, 5.74) is -1.37. The first kappa shape index (κ1) is 39.3. The third-order valence-electron chi connectivity index (χ3n) is 6.69. The van der Waals surface area contributed by atoms with Crippen LogP contribution in [0.4, 0.5) is 9.59 Å². The van der Waals surface area contributed by atoms with Crippen molar-refractivity contribution in [2.45, 2.75) is 71.6 Å². The minimum absolute atomic E-state index is 0.0503. The molecule has 1 aromatic carbocycles. The van der Waals surface area contributed by atoms with Crippen molar-refractivity contribution >= 4 is 35.8 Å². The quantitative estimate of drug-likeness (QED) is 0.186. The Morgan fingerprint density at radius 3 is 1.84 bits per heavy atom. The van der Waals surface area contributed by atoms with Crippen molar-refractivity contribution in [2.24, 2.45) is 0 Å². The fourth-order valence-corrected chi connectivity index (χ4v) is 4.64. The zero-order valence-corrected chi connectivity index (χ0v) is 29.0. The van der Waals surface area contributed by atoms with Gasteiger partial charge in [0.15, 0.2) is 0 Å². The van der Waals surface area contributed by atoms with Gasteiger partial charge < -0.3 is 38.5 Å². The number of rotatable bonds is 17. The summed E-state index contributed by atoms with van der Waals surface area (Å²) >= 11 is 0. The van der Waals surface area contributed by atoms with Crippen LogP contribution < -0.4 is 10.1 Å². The van der Waals surface area contributed by atoms with E-state index in [1.165, 1.54) is 18.2 Å². The van der Waals surface area contributed by atoms with Gasteiger partial charge >= 0.3 is 12.2 Å². The van der Waals surface area contributed by atoms with E-state index in [9.17, 15) is 28.8 Å². The van der Waals surface area contributed by atoms with Crippen molar-refractivity contribution in [3.05, 3.63) is 29.3 Å². The van der Waals surface area contributed by atoms with Crippen LogP contribution in [0, 0.1) is 0 Å². The molecule has 272 valence electrons. The van der Waals surface area contributed by atoms with E-state index in [0.29, 0.717) is 63.4 Å². The molecular formula is C33H47N3O13. The molecule has 6 amide bonds. The highest BCUT2D eigenvalue weighted by Crippen LogP contribution is 2.32. The Balaban J connectivity index is 1.28. The first-order valence-electron chi connectivity index (χ1n) is 16.1. The van der Waals surface area contributed by atoms with Gasteiger partial charge in [-0.3, -0.25) is 24.1 Å². The lowest BCUT2D eigenvalue weighted by atomic mass is 10.0. The maximum absolute atomic E-state index is 13.3. The molecule has 0 spiro atoms. The average molecular weight is 694 g/mol. The van der Waals surface area contributed by atoms with Crippen molar-refractivity contribution < 1.29 is 61.9 Å². The Labute approximate surface area is 285 Å². The Morgan fingerprint density at radius 1 is 0.735 bits per heavy atom. The molecule has 1 atom stereocenters. The van der Waals surface area contributed by atoms with Gasteiger partial charge in [0.25, 0.3) is 17.7 Å². The van der Waals surface area contributed by atoms with E-state index >= 15 is 0 Å². The maximum Gasteiger partial charge on any atom is 0.424 e. The molecule has 1 unspecified atom stereocenters. The number of ether oxygens (including phenoxy) is 7. The zero-order valence-electron chi connectivity index (χ0n) is 29.0. The molecule has 2 aliphatic heterocycles. The van der Waals surface area contributed by atoms with Crippen LogP contribution in [-0.2, 0) is 38.0 Å². The smallest absolute Gasteiger partial charge is 0.424 e. The largest absolute Gasteiger partial charge is 0.491 e. The van der Waals surface area contributed by atoms with E-state index in [1.807, 2.05) is 0 Å². The van der Waals surface area contributed by atoms with Crippen molar-refractivity contribution in [1.82, 2.24) is 15.1 Å². The molecule has 1 N–H and O–H groups in total. The third-order valence-corrected chi connectivity index (χ3v) is 6.69. The number of piperidine rings is 1. The lowest BCUT2D eigenvalue weighted by Gasteiger charge is -2.34. The predicted octanol–water partition coefficient (Wildman–Crippen LogP) is 2.71. The molecule has 1 aromatic rings. The van der Waals surface area contributed by atoms with Crippen LogP contribution in [0.2, 0.25) is 0 Å². The van der Waals surface area contributed by atoms with Gasteiger partial charge in [0.2, 0.25) is 5.91 Å². The van der Waals surface area contributed by atoms with Crippen LogP contribution in [0.25, 0.3) is 0 Å². The summed E-state index contributed by atoms with van der Waals surface area (Å²) in [7, 11) is 0. The van der Waals surface area contributed by atoms with Gasteiger partial charge in [-0.15, -0.1) is 0 Å². The number of imide groups is 4. The first-order valence-corrected chi connectivity index (χ1v) is 16.1. The fraction of sp³-hybridized carbons (Fsp3) is 0.636. The fourth-order valence-electron chi connectivity index (χ4n) is 4.64. The highest BCUT2D eigenvalue weighted by Gasteiger charge is 2.49. The highest BCUT2D eigenvalue weighted by molar-refractivity contribution is 6.24. The number of carbonyl (C=O) groups is 6. The standard InChI is InChI=1S/C33H47N3O13/c1-32(2,3)48-30(41)34-11-12-43-13-14-44-15-16-45-17-18-46-19-20-47-22-7-8-23-24(21-22)28(39)35(27(23)38)25-9-10-26(37)36(29(25)40)31(42)49-33(4,5)6/h7-8,21,25H,9-20H2,1-6H3,(H,34,41). The molecular weight excluding hydrogens is 646 g/mol. The molecule has 2 aliphatic rings.